The first kappa shape index (κ1) is 6.76. The Hall–Kier alpha value is -0.930. The van der Waals surface area contributed by atoms with E-state index in [1.54, 1.807) is 0 Å². The monoisotopic (exact) mass is 152 g/mol. The fourth-order valence-corrected chi connectivity index (χ4v) is 1.27. The lowest BCUT2D eigenvalue weighted by atomic mass is 10.3. The Morgan fingerprint density at radius 1 is 1.55 bits per heavy atom. The molecule has 1 unspecified atom stereocenters. The molecule has 1 aliphatic rings. The number of aliphatic hydroxyl groups excluding tert-OH is 1. The van der Waals surface area contributed by atoms with E-state index in [-0.39, 0.29) is 0 Å². The van der Waals surface area contributed by atoms with Crippen molar-refractivity contribution in [3.63, 3.8) is 0 Å². The third-order valence-corrected chi connectivity index (χ3v) is 1.84. The van der Waals surface area contributed by atoms with E-state index in [1.165, 1.54) is 0 Å². The zero-order valence-electron chi connectivity index (χ0n) is 6.10. The summed E-state index contributed by atoms with van der Waals surface area (Å²) >= 11 is 0. The molecule has 0 amide bonds. The maximum absolute atomic E-state index is 9.32. The number of pyridine rings is 1. The molecule has 0 saturated heterocycles. The van der Waals surface area contributed by atoms with Crippen LogP contribution in [-0.2, 0) is 11.3 Å². The summed E-state index contributed by atoms with van der Waals surface area (Å²) in [5.41, 5.74) is 0.832. The molecule has 1 atom stereocenters. The Balaban J connectivity index is 2.44. The zero-order valence-corrected chi connectivity index (χ0v) is 6.10. The highest BCUT2D eigenvalue weighted by Crippen LogP contribution is 2.11. The van der Waals surface area contributed by atoms with Crippen molar-refractivity contribution in [1.82, 2.24) is 0 Å². The first-order valence-electron chi connectivity index (χ1n) is 3.66. The minimum Gasteiger partial charge on any atom is -0.360 e. The van der Waals surface area contributed by atoms with Crippen LogP contribution in [0.1, 0.15) is 12.0 Å². The average molecular weight is 152 g/mol. The molecule has 0 bridgehead atoms. The lowest BCUT2D eigenvalue weighted by Crippen LogP contribution is -2.45. The van der Waals surface area contributed by atoms with E-state index < -0.39 is 6.29 Å². The third-order valence-electron chi connectivity index (χ3n) is 1.84. The summed E-state index contributed by atoms with van der Waals surface area (Å²) in [6.45, 7) is 1.41. The van der Waals surface area contributed by atoms with Crippen molar-refractivity contribution in [3.8, 4) is 0 Å². The molecule has 0 spiro atoms. The van der Waals surface area contributed by atoms with Gasteiger partial charge in [0.1, 0.15) is 6.61 Å². The van der Waals surface area contributed by atoms with Gasteiger partial charge in [0.25, 0.3) is 0 Å². The van der Waals surface area contributed by atoms with Crippen molar-refractivity contribution >= 4 is 0 Å². The summed E-state index contributed by atoms with van der Waals surface area (Å²) in [6.07, 6.45) is 1.20. The van der Waals surface area contributed by atoms with Gasteiger partial charge in [0.15, 0.2) is 12.7 Å². The SMILES string of the molecule is OC1OCC[n+]2ccccc21. The molecule has 3 nitrogen and oxygen atoms in total. The summed E-state index contributed by atoms with van der Waals surface area (Å²) in [4.78, 5) is 0. The number of aromatic nitrogens is 1. The highest BCUT2D eigenvalue weighted by atomic mass is 16.6. The van der Waals surface area contributed by atoms with Gasteiger partial charge in [-0.25, -0.2) is 0 Å². The third kappa shape index (κ3) is 1.13. The predicted octanol–water partition coefficient (Wildman–Crippen LogP) is -0.00480. The van der Waals surface area contributed by atoms with Gasteiger partial charge in [-0.3, -0.25) is 0 Å². The number of rotatable bonds is 0. The van der Waals surface area contributed by atoms with Crippen molar-refractivity contribution in [2.24, 2.45) is 0 Å². The molecule has 58 valence electrons. The number of hydrogen-bond acceptors (Lipinski definition) is 2. The van der Waals surface area contributed by atoms with Gasteiger partial charge in [-0.05, 0) is 6.07 Å². The van der Waals surface area contributed by atoms with Crippen molar-refractivity contribution in [2.45, 2.75) is 12.8 Å². The molecule has 3 heteroatoms. The minimum atomic E-state index is -0.745. The van der Waals surface area contributed by atoms with Crippen molar-refractivity contribution in [2.75, 3.05) is 6.61 Å². The topological polar surface area (TPSA) is 33.3 Å². The predicted molar refractivity (Wildman–Crippen MR) is 37.5 cm³/mol. The maximum Gasteiger partial charge on any atom is 0.242 e. The second-order valence-electron chi connectivity index (χ2n) is 2.54. The van der Waals surface area contributed by atoms with E-state index in [1.807, 2.05) is 29.0 Å². The smallest absolute Gasteiger partial charge is 0.242 e. The van der Waals surface area contributed by atoms with E-state index in [0.717, 1.165) is 12.2 Å². The minimum absolute atomic E-state index is 0.586. The fourth-order valence-electron chi connectivity index (χ4n) is 1.27. The van der Waals surface area contributed by atoms with E-state index >= 15 is 0 Å². The molecular formula is C8H10NO2+. The van der Waals surface area contributed by atoms with Crippen LogP contribution >= 0.6 is 0 Å². The Morgan fingerprint density at radius 3 is 3.27 bits per heavy atom. The number of aliphatic hydroxyl groups is 1. The van der Waals surface area contributed by atoms with Crippen LogP contribution in [-0.4, -0.2) is 11.7 Å². The number of fused-ring (bicyclic) bond motifs is 1. The highest BCUT2D eigenvalue weighted by molar-refractivity contribution is 4.98. The fraction of sp³-hybridized carbons (Fsp3) is 0.375. The van der Waals surface area contributed by atoms with Crippen LogP contribution in [0.25, 0.3) is 0 Å². The van der Waals surface area contributed by atoms with Crippen molar-refractivity contribution < 1.29 is 14.4 Å². The van der Waals surface area contributed by atoms with Crippen LogP contribution in [0.2, 0.25) is 0 Å². The van der Waals surface area contributed by atoms with E-state index in [2.05, 4.69) is 0 Å². The Kier molecular flexibility index (Phi) is 1.60. The maximum atomic E-state index is 9.32. The molecule has 1 aromatic rings. The average Bonchev–Trinajstić information content (AvgIpc) is 2.06. The van der Waals surface area contributed by atoms with Crippen LogP contribution in [0.4, 0.5) is 0 Å². The lowest BCUT2D eigenvalue weighted by molar-refractivity contribution is -0.724. The molecule has 0 saturated carbocycles. The molecule has 1 aliphatic heterocycles. The molecule has 1 N–H and O–H groups in total. The van der Waals surface area contributed by atoms with Gasteiger partial charge in [-0.2, -0.15) is 4.57 Å². The lowest BCUT2D eigenvalue weighted by Gasteiger charge is -2.15. The molecule has 2 rings (SSSR count). The van der Waals surface area contributed by atoms with E-state index in [4.69, 9.17) is 4.74 Å². The molecule has 1 aromatic heterocycles. The first-order valence-corrected chi connectivity index (χ1v) is 3.66. The van der Waals surface area contributed by atoms with Crippen LogP contribution < -0.4 is 4.57 Å². The normalized spacial score (nSPS) is 22.8. The summed E-state index contributed by atoms with van der Waals surface area (Å²) < 4.78 is 7.03. The summed E-state index contributed by atoms with van der Waals surface area (Å²) in [5.74, 6) is 0. The van der Waals surface area contributed by atoms with Crippen molar-refractivity contribution in [3.05, 3.63) is 30.1 Å². The summed E-state index contributed by atoms with van der Waals surface area (Å²) in [6, 6.07) is 5.70. The van der Waals surface area contributed by atoms with Gasteiger partial charge in [-0.1, -0.05) is 0 Å². The molecule has 0 aromatic carbocycles. The van der Waals surface area contributed by atoms with Gasteiger partial charge in [-0.15, -0.1) is 0 Å². The van der Waals surface area contributed by atoms with E-state index in [0.29, 0.717) is 6.61 Å². The highest BCUT2D eigenvalue weighted by Gasteiger charge is 2.24. The van der Waals surface area contributed by atoms with Gasteiger partial charge in [0.2, 0.25) is 12.0 Å². The molecule has 0 fully saturated rings. The molecule has 2 heterocycles. The Labute approximate surface area is 64.9 Å². The Morgan fingerprint density at radius 2 is 2.45 bits per heavy atom. The van der Waals surface area contributed by atoms with Crippen LogP contribution in [0.3, 0.4) is 0 Å². The van der Waals surface area contributed by atoms with Gasteiger partial charge in [0.05, 0.1) is 0 Å². The molecular weight excluding hydrogens is 142 g/mol. The zero-order chi connectivity index (χ0) is 7.68. The molecule has 11 heavy (non-hydrogen) atoms. The Bertz CT molecular complexity index is 262. The van der Waals surface area contributed by atoms with Crippen molar-refractivity contribution in [1.29, 1.82) is 0 Å². The number of ether oxygens (including phenoxy) is 1. The first-order chi connectivity index (χ1) is 5.38. The quantitative estimate of drug-likeness (QED) is 0.531. The van der Waals surface area contributed by atoms with Gasteiger partial charge >= 0.3 is 0 Å². The van der Waals surface area contributed by atoms with Gasteiger partial charge in [0, 0.05) is 12.1 Å². The number of hydrogen-bond donors (Lipinski definition) is 1. The second-order valence-corrected chi connectivity index (χ2v) is 2.54. The molecule has 0 radical (unpaired) electrons. The largest absolute Gasteiger partial charge is 0.360 e. The van der Waals surface area contributed by atoms with Crippen LogP contribution in [0.15, 0.2) is 24.4 Å². The standard InChI is InChI=1S/C8H10NO2/c10-8-7-3-1-2-4-9(7)5-6-11-8/h1-4,8,10H,5-6H2/q+1. The second kappa shape index (κ2) is 2.60. The van der Waals surface area contributed by atoms with Crippen LogP contribution in [0, 0.1) is 0 Å². The number of nitrogens with zero attached hydrogens (tertiary/aromatic N) is 1. The van der Waals surface area contributed by atoms with Crippen LogP contribution in [0.5, 0.6) is 0 Å². The summed E-state index contributed by atoms with van der Waals surface area (Å²) in [7, 11) is 0. The molecule has 0 aliphatic carbocycles. The van der Waals surface area contributed by atoms with E-state index in [9.17, 15) is 5.11 Å². The van der Waals surface area contributed by atoms with Gasteiger partial charge < -0.3 is 9.84 Å². The summed E-state index contributed by atoms with van der Waals surface area (Å²) in [5, 5.41) is 9.32.